The van der Waals surface area contributed by atoms with Crippen LogP contribution in [0.3, 0.4) is 0 Å². The molecule has 0 saturated heterocycles. The second-order valence-electron chi connectivity index (χ2n) is 1.93. The van der Waals surface area contributed by atoms with E-state index in [0.717, 1.165) is 11.3 Å². The molecule has 9 heavy (non-hydrogen) atoms. The highest BCUT2D eigenvalue weighted by molar-refractivity contribution is 5.68. The predicted molar refractivity (Wildman–Crippen MR) is 36.1 cm³/mol. The lowest BCUT2D eigenvalue weighted by molar-refractivity contribution is 1.22. The summed E-state index contributed by atoms with van der Waals surface area (Å²) >= 11 is 0. The smallest absolute Gasteiger partial charge is 0.0702 e. The van der Waals surface area contributed by atoms with Gasteiger partial charge in [0.2, 0.25) is 0 Å². The van der Waals surface area contributed by atoms with Crippen LogP contribution in [-0.2, 0) is 0 Å². The van der Waals surface area contributed by atoms with Crippen LogP contribution in [0.25, 0.3) is 6.08 Å². The van der Waals surface area contributed by atoms with Crippen LogP contribution < -0.4 is 5.32 Å². The van der Waals surface area contributed by atoms with Gasteiger partial charge in [-0.25, -0.2) is 0 Å². The van der Waals surface area contributed by atoms with Crippen molar-refractivity contribution >= 4 is 11.8 Å². The van der Waals surface area contributed by atoms with Gasteiger partial charge in [-0.05, 0) is 24.3 Å². The first-order chi connectivity index (χ1) is 4.47. The molecule has 2 rings (SSSR count). The molecular formula is C8H5N. The van der Waals surface area contributed by atoms with Gasteiger partial charge in [0.15, 0.2) is 0 Å². The van der Waals surface area contributed by atoms with Gasteiger partial charge in [-0.3, -0.25) is 5.32 Å². The number of hydrogen-bond donors (Lipinski definition) is 0. The molecule has 1 heteroatoms. The highest BCUT2D eigenvalue weighted by atomic mass is 14.9. The molecule has 0 aliphatic carbocycles. The van der Waals surface area contributed by atoms with Crippen molar-refractivity contribution in [1.82, 2.24) is 5.32 Å². The van der Waals surface area contributed by atoms with Crippen molar-refractivity contribution in [3.63, 3.8) is 0 Å². The van der Waals surface area contributed by atoms with Crippen molar-refractivity contribution in [2.45, 2.75) is 0 Å². The van der Waals surface area contributed by atoms with E-state index in [-0.39, 0.29) is 0 Å². The van der Waals surface area contributed by atoms with Gasteiger partial charge in [-0.1, -0.05) is 6.07 Å². The molecule has 1 aliphatic rings. The summed E-state index contributed by atoms with van der Waals surface area (Å²) in [6, 6.07) is 8.74. The van der Waals surface area contributed by atoms with Crippen molar-refractivity contribution in [2.24, 2.45) is 0 Å². The Balaban J connectivity index is 2.63. The van der Waals surface area contributed by atoms with Crippen molar-refractivity contribution in [3.05, 3.63) is 36.0 Å². The standard InChI is InChI=1S/C8H5N/c1-2-4-8-7(3-1)5-6-9-8/h2-6H. The Morgan fingerprint density at radius 1 is 1.44 bits per heavy atom. The molecule has 42 valence electrons. The van der Waals surface area contributed by atoms with Crippen LogP contribution in [0, 0.1) is 6.07 Å². The molecule has 0 unspecified atom stereocenters. The van der Waals surface area contributed by atoms with Crippen LogP contribution in [-0.4, -0.2) is 0 Å². The molecule has 0 atom stereocenters. The maximum atomic E-state index is 4.10. The van der Waals surface area contributed by atoms with Crippen LogP contribution in [0.1, 0.15) is 5.56 Å². The Hall–Kier alpha value is -1.24. The molecule has 0 saturated carbocycles. The van der Waals surface area contributed by atoms with Gasteiger partial charge in [-0.15, -0.1) is 0 Å². The average Bonchev–Trinajstić information content (AvgIpc) is 2.33. The predicted octanol–water partition coefficient (Wildman–Crippen LogP) is 1.71. The fraction of sp³-hybridized carbons (Fsp3) is 0. The molecule has 1 aliphatic heterocycles. The third-order valence-corrected chi connectivity index (χ3v) is 1.34. The molecule has 1 nitrogen and oxygen atoms in total. The van der Waals surface area contributed by atoms with E-state index < -0.39 is 0 Å². The zero-order valence-electron chi connectivity index (χ0n) is 4.83. The molecule has 0 N–H and O–H groups in total. The first kappa shape index (κ1) is 4.62. The molecule has 1 heterocycles. The second-order valence-corrected chi connectivity index (χ2v) is 1.93. The third kappa shape index (κ3) is 0.617. The molecule has 2 radical (unpaired) electrons. The van der Waals surface area contributed by atoms with Gasteiger partial charge in [0.05, 0.1) is 5.69 Å². The van der Waals surface area contributed by atoms with Crippen molar-refractivity contribution in [3.8, 4) is 0 Å². The number of fused-ring (bicyclic) bond motifs is 1. The van der Waals surface area contributed by atoms with E-state index in [4.69, 9.17) is 0 Å². The molecule has 1 aromatic carbocycles. The SMILES string of the molecule is [c]1ccc2c(c1)C=C[N]2. The first-order valence-corrected chi connectivity index (χ1v) is 2.84. The van der Waals surface area contributed by atoms with Crippen molar-refractivity contribution in [1.29, 1.82) is 0 Å². The van der Waals surface area contributed by atoms with Crippen LogP contribution in [0.2, 0.25) is 0 Å². The molecule has 0 amide bonds. The molecule has 0 spiro atoms. The van der Waals surface area contributed by atoms with E-state index in [9.17, 15) is 0 Å². The van der Waals surface area contributed by atoms with Crippen LogP contribution in [0.4, 0.5) is 5.69 Å². The Kier molecular flexibility index (Phi) is 0.833. The van der Waals surface area contributed by atoms with E-state index in [1.807, 2.05) is 24.3 Å². The van der Waals surface area contributed by atoms with Gasteiger partial charge in [0.1, 0.15) is 0 Å². The first-order valence-electron chi connectivity index (χ1n) is 2.84. The Morgan fingerprint density at radius 3 is 3.33 bits per heavy atom. The summed E-state index contributed by atoms with van der Waals surface area (Å²) < 4.78 is 0. The summed E-state index contributed by atoms with van der Waals surface area (Å²) in [5.41, 5.74) is 2.21. The zero-order valence-corrected chi connectivity index (χ0v) is 4.83. The summed E-state index contributed by atoms with van der Waals surface area (Å²) in [5, 5.41) is 4.10. The summed E-state index contributed by atoms with van der Waals surface area (Å²) in [6.07, 6.45) is 3.78. The summed E-state index contributed by atoms with van der Waals surface area (Å²) in [7, 11) is 0. The molecule has 0 aromatic heterocycles. The minimum Gasteiger partial charge on any atom is -0.256 e. The topological polar surface area (TPSA) is 14.1 Å². The average molecular weight is 115 g/mol. The normalized spacial score (nSPS) is 12.9. The minimum absolute atomic E-state index is 1.05. The van der Waals surface area contributed by atoms with E-state index in [2.05, 4.69) is 11.4 Å². The van der Waals surface area contributed by atoms with Crippen LogP contribution in [0.15, 0.2) is 24.4 Å². The molecule has 0 bridgehead atoms. The summed E-state index contributed by atoms with van der Waals surface area (Å²) in [5.74, 6) is 0. The monoisotopic (exact) mass is 115 g/mol. The van der Waals surface area contributed by atoms with Crippen LogP contribution in [0.5, 0.6) is 0 Å². The molecule has 0 fully saturated rings. The fourth-order valence-electron chi connectivity index (χ4n) is 0.884. The zero-order chi connectivity index (χ0) is 6.10. The second kappa shape index (κ2) is 1.62. The number of nitrogens with zero attached hydrogens (tertiary/aromatic N) is 1. The van der Waals surface area contributed by atoms with E-state index in [1.54, 1.807) is 6.20 Å². The number of rotatable bonds is 0. The van der Waals surface area contributed by atoms with Gasteiger partial charge in [0.25, 0.3) is 0 Å². The Bertz CT molecular complexity index is 250. The van der Waals surface area contributed by atoms with Gasteiger partial charge in [0, 0.05) is 11.8 Å². The Labute approximate surface area is 54.0 Å². The maximum Gasteiger partial charge on any atom is 0.0702 e. The highest BCUT2D eigenvalue weighted by Gasteiger charge is 2.01. The summed E-state index contributed by atoms with van der Waals surface area (Å²) in [4.78, 5) is 0. The maximum absolute atomic E-state index is 4.10. The van der Waals surface area contributed by atoms with Gasteiger partial charge < -0.3 is 0 Å². The van der Waals surface area contributed by atoms with Crippen molar-refractivity contribution < 1.29 is 0 Å². The molecule has 1 aromatic rings. The largest absolute Gasteiger partial charge is 0.256 e. The van der Waals surface area contributed by atoms with E-state index >= 15 is 0 Å². The lowest BCUT2D eigenvalue weighted by Gasteiger charge is -1.91. The van der Waals surface area contributed by atoms with Crippen molar-refractivity contribution in [2.75, 3.05) is 0 Å². The lowest BCUT2D eigenvalue weighted by atomic mass is 10.2. The van der Waals surface area contributed by atoms with Crippen LogP contribution >= 0.6 is 0 Å². The minimum atomic E-state index is 1.05. The quantitative estimate of drug-likeness (QED) is 0.488. The van der Waals surface area contributed by atoms with E-state index in [0.29, 0.717) is 0 Å². The van der Waals surface area contributed by atoms with Gasteiger partial charge in [-0.2, -0.15) is 0 Å². The number of benzene rings is 1. The highest BCUT2D eigenvalue weighted by Crippen LogP contribution is 2.20. The third-order valence-electron chi connectivity index (χ3n) is 1.34. The van der Waals surface area contributed by atoms with E-state index in [1.165, 1.54) is 0 Å². The number of hydrogen-bond acceptors (Lipinski definition) is 0. The summed E-state index contributed by atoms with van der Waals surface area (Å²) in [6.45, 7) is 0. The Morgan fingerprint density at radius 2 is 2.44 bits per heavy atom. The fourth-order valence-corrected chi connectivity index (χ4v) is 0.884. The van der Waals surface area contributed by atoms with Gasteiger partial charge >= 0.3 is 0 Å². The molecular weight excluding hydrogens is 110 g/mol. The lowest BCUT2D eigenvalue weighted by Crippen LogP contribution is -1.78.